The maximum absolute atomic E-state index is 6.06. The molecular formula is C13H15ClN4S. The standard InChI is InChI=1S/C13H15ClN4S/c1-9-11(14)4-3-5-12(9)17-13(19)15-6-10-7-16-18(2)8-10/h3-5,7-8H,6H2,1-2H3,(H2,15,17,19). The molecule has 0 unspecified atom stereocenters. The van der Waals surface area contributed by atoms with Crippen molar-refractivity contribution in [1.29, 1.82) is 0 Å². The molecule has 1 aromatic heterocycles. The lowest BCUT2D eigenvalue weighted by Gasteiger charge is -2.12. The Morgan fingerprint density at radius 1 is 1.47 bits per heavy atom. The van der Waals surface area contributed by atoms with Crippen LogP contribution in [0.1, 0.15) is 11.1 Å². The molecule has 1 heterocycles. The van der Waals surface area contributed by atoms with E-state index >= 15 is 0 Å². The fourth-order valence-corrected chi connectivity index (χ4v) is 2.01. The highest BCUT2D eigenvalue weighted by Crippen LogP contribution is 2.22. The lowest BCUT2D eigenvalue weighted by Crippen LogP contribution is -2.28. The van der Waals surface area contributed by atoms with Gasteiger partial charge in [0.25, 0.3) is 0 Å². The van der Waals surface area contributed by atoms with E-state index in [-0.39, 0.29) is 0 Å². The second-order valence-corrected chi connectivity index (χ2v) is 5.06. The topological polar surface area (TPSA) is 41.9 Å². The van der Waals surface area contributed by atoms with E-state index in [1.165, 1.54) is 0 Å². The van der Waals surface area contributed by atoms with Gasteiger partial charge in [0.05, 0.1) is 6.20 Å². The highest BCUT2D eigenvalue weighted by atomic mass is 35.5. The molecule has 0 amide bonds. The van der Waals surface area contributed by atoms with E-state index < -0.39 is 0 Å². The van der Waals surface area contributed by atoms with Gasteiger partial charge >= 0.3 is 0 Å². The van der Waals surface area contributed by atoms with Crippen molar-refractivity contribution in [2.24, 2.45) is 7.05 Å². The number of benzene rings is 1. The molecule has 0 spiro atoms. The Hall–Kier alpha value is -1.59. The van der Waals surface area contributed by atoms with Gasteiger partial charge in [-0.05, 0) is 36.8 Å². The first-order valence-corrected chi connectivity index (χ1v) is 6.62. The predicted molar refractivity (Wildman–Crippen MR) is 82.5 cm³/mol. The minimum Gasteiger partial charge on any atom is -0.358 e. The van der Waals surface area contributed by atoms with Crippen molar-refractivity contribution < 1.29 is 0 Å². The van der Waals surface area contributed by atoms with E-state index in [4.69, 9.17) is 23.8 Å². The molecular weight excluding hydrogens is 280 g/mol. The Kier molecular flexibility index (Phi) is 4.39. The Labute approximate surface area is 122 Å². The highest BCUT2D eigenvalue weighted by Gasteiger charge is 2.04. The predicted octanol–water partition coefficient (Wildman–Crippen LogP) is 2.87. The lowest BCUT2D eigenvalue weighted by molar-refractivity contribution is 0.766. The van der Waals surface area contributed by atoms with Gasteiger partial charge in [-0.15, -0.1) is 0 Å². The van der Waals surface area contributed by atoms with Gasteiger partial charge in [0.15, 0.2) is 5.11 Å². The number of nitrogens with one attached hydrogen (secondary N) is 2. The van der Waals surface area contributed by atoms with Gasteiger partial charge in [0.1, 0.15) is 0 Å². The number of aromatic nitrogens is 2. The molecule has 0 aliphatic heterocycles. The smallest absolute Gasteiger partial charge is 0.171 e. The molecule has 0 bridgehead atoms. The van der Waals surface area contributed by atoms with Gasteiger partial charge in [0, 0.05) is 36.1 Å². The van der Waals surface area contributed by atoms with Crippen LogP contribution in [0, 0.1) is 6.92 Å². The van der Waals surface area contributed by atoms with E-state index in [9.17, 15) is 0 Å². The first kappa shape index (κ1) is 13.8. The first-order chi connectivity index (χ1) is 9.06. The minimum absolute atomic E-state index is 0.564. The molecule has 0 fully saturated rings. The quantitative estimate of drug-likeness (QED) is 0.854. The van der Waals surface area contributed by atoms with Gasteiger partial charge in [0.2, 0.25) is 0 Å². The van der Waals surface area contributed by atoms with E-state index in [0.29, 0.717) is 11.7 Å². The molecule has 0 aliphatic rings. The van der Waals surface area contributed by atoms with Crippen LogP contribution in [-0.2, 0) is 13.6 Å². The number of anilines is 1. The largest absolute Gasteiger partial charge is 0.358 e. The second-order valence-electron chi connectivity index (χ2n) is 4.24. The van der Waals surface area contributed by atoms with Crippen LogP contribution >= 0.6 is 23.8 Å². The van der Waals surface area contributed by atoms with Gasteiger partial charge < -0.3 is 10.6 Å². The third kappa shape index (κ3) is 3.68. The summed E-state index contributed by atoms with van der Waals surface area (Å²) < 4.78 is 1.76. The maximum atomic E-state index is 6.06. The van der Waals surface area contributed by atoms with Crippen LogP contribution < -0.4 is 10.6 Å². The Balaban J connectivity index is 1.92. The molecule has 0 aliphatic carbocycles. The van der Waals surface area contributed by atoms with Crippen LogP contribution in [0.25, 0.3) is 0 Å². The summed E-state index contributed by atoms with van der Waals surface area (Å²) in [5, 5.41) is 11.7. The van der Waals surface area contributed by atoms with E-state index in [0.717, 1.165) is 21.8 Å². The van der Waals surface area contributed by atoms with Crippen molar-refractivity contribution in [3.8, 4) is 0 Å². The lowest BCUT2D eigenvalue weighted by atomic mass is 10.2. The third-order valence-electron chi connectivity index (χ3n) is 2.73. The molecule has 2 N–H and O–H groups in total. The van der Waals surface area contributed by atoms with Crippen LogP contribution in [0.3, 0.4) is 0 Å². The number of thiocarbonyl (C=S) groups is 1. The highest BCUT2D eigenvalue weighted by molar-refractivity contribution is 7.80. The Morgan fingerprint density at radius 3 is 2.95 bits per heavy atom. The summed E-state index contributed by atoms with van der Waals surface area (Å²) in [5.41, 5.74) is 2.97. The summed E-state index contributed by atoms with van der Waals surface area (Å²) in [4.78, 5) is 0. The molecule has 0 saturated carbocycles. The SMILES string of the molecule is Cc1c(Cl)cccc1NC(=S)NCc1cnn(C)c1. The summed E-state index contributed by atoms with van der Waals surface area (Å²) in [5.74, 6) is 0. The third-order valence-corrected chi connectivity index (χ3v) is 3.38. The van der Waals surface area contributed by atoms with Crippen molar-refractivity contribution in [3.63, 3.8) is 0 Å². The van der Waals surface area contributed by atoms with Crippen LogP contribution in [0.5, 0.6) is 0 Å². The van der Waals surface area contributed by atoms with Gasteiger partial charge in [-0.3, -0.25) is 4.68 Å². The molecule has 0 saturated heterocycles. The molecule has 4 nitrogen and oxygen atoms in total. The summed E-state index contributed by atoms with van der Waals surface area (Å²) in [7, 11) is 1.88. The van der Waals surface area contributed by atoms with Crippen LogP contribution in [0.2, 0.25) is 5.02 Å². The van der Waals surface area contributed by atoms with E-state index in [1.54, 1.807) is 10.9 Å². The van der Waals surface area contributed by atoms with Crippen molar-refractivity contribution in [3.05, 3.63) is 46.7 Å². The number of hydrogen-bond donors (Lipinski definition) is 2. The van der Waals surface area contributed by atoms with Gasteiger partial charge in [-0.1, -0.05) is 17.7 Å². The molecule has 1 aromatic carbocycles. The maximum Gasteiger partial charge on any atom is 0.171 e. The van der Waals surface area contributed by atoms with Crippen molar-refractivity contribution in [2.75, 3.05) is 5.32 Å². The summed E-state index contributed by atoms with van der Waals surface area (Å²) in [6, 6.07) is 5.69. The zero-order valence-corrected chi connectivity index (χ0v) is 12.3. The number of aryl methyl sites for hydroxylation is 1. The van der Waals surface area contributed by atoms with Crippen molar-refractivity contribution in [2.45, 2.75) is 13.5 Å². The molecule has 100 valence electrons. The number of halogens is 1. The zero-order chi connectivity index (χ0) is 13.8. The first-order valence-electron chi connectivity index (χ1n) is 5.84. The van der Waals surface area contributed by atoms with Crippen molar-refractivity contribution in [1.82, 2.24) is 15.1 Å². The number of rotatable bonds is 3. The Morgan fingerprint density at radius 2 is 2.26 bits per heavy atom. The van der Waals surface area contributed by atoms with E-state index in [1.807, 2.05) is 38.4 Å². The summed E-state index contributed by atoms with van der Waals surface area (Å²) in [6.07, 6.45) is 3.75. The minimum atomic E-state index is 0.564. The average Bonchev–Trinajstić information content (AvgIpc) is 2.78. The average molecular weight is 295 g/mol. The van der Waals surface area contributed by atoms with Gasteiger partial charge in [-0.2, -0.15) is 5.10 Å². The van der Waals surface area contributed by atoms with Crippen LogP contribution in [-0.4, -0.2) is 14.9 Å². The summed E-state index contributed by atoms with van der Waals surface area (Å²) in [6.45, 7) is 2.59. The molecule has 2 aromatic rings. The monoisotopic (exact) mass is 294 g/mol. The zero-order valence-electron chi connectivity index (χ0n) is 10.8. The van der Waals surface area contributed by atoms with Crippen LogP contribution in [0.15, 0.2) is 30.6 Å². The normalized spacial score (nSPS) is 10.3. The number of hydrogen-bond acceptors (Lipinski definition) is 2. The molecule has 0 radical (unpaired) electrons. The fourth-order valence-electron chi connectivity index (χ4n) is 1.65. The fraction of sp³-hybridized carbons (Fsp3) is 0.231. The molecule has 0 atom stereocenters. The Bertz CT molecular complexity index is 594. The van der Waals surface area contributed by atoms with Crippen LogP contribution in [0.4, 0.5) is 5.69 Å². The van der Waals surface area contributed by atoms with Gasteiger partial charge in [-0.25, -0.2) is 0 Å². The molecule has 19 heavy (non-hydrogen) atoms. The number of nitrogens with zero attached hydrogens (tertiary/aromatic N) is 2. The van der Waals surface area contributed by atoms with Crippen molar-refractivity contribution >= 4 is 34.6 Å². The second kappa shape index (κ2) is 6.04. The molecule has 2 rings (SSSR count). The van der Waals surface area contributed by atoms with E-state index in [2.05, 4.69) is 15.7 Å². The summed E-state index contributed by atoms with van der Waals surface area (Å²) >= 11 is 11.3. The molecule has 6 heteroatoms.